The molecule has 1 aliphatic carbocycles. The number of rotatable bonds is 2. The molecule has 2 N–H and O–H groups in total. The molecule has 5 heteroatoms. The van der Waals surface area contributed by atoms with Gasteiger partial charge in [0.15, 0.2) is 0 Å². The molecule has 1 saturated carbocycles. The Bertz CT molecular complexity index is 405. The molecular formula is C13H19F2N3. The molecular weight excluding hydrogens is 236 g/mol. The van der Waals surface area contributed by atoms with E-state index in [1.54, 1.807) is 19.3 Å². The summed E-state index contributed by atoms with van der Waals surface area (Å²) < 4.78 is 26.6. The van der Waals surface area contributed by atoms with E-state index >= 15 is 0 Å². The van der Waals surface area contributed by atoms with E-state index in [9.17, 15) is 8.78 Å². The second kappa shape index (κ2) is 4.53. The second-order valence-electron chi connectivity index (χ2n) is 5.32. The summed E-state index contributed by atoms with van der Waals surface area (Å²) in [5, 5.41) is 0. The maximum Gasteiger partial charge on any atom is 0.248 e. The average Bonchev–Trinajstić information content (AvgIpc) is 2.30. The van der Waals surface area contributed by atoms with Gasteiger partial charge in [-0.2, -0.15) is 0 Å². The standard InChI is InChI=1S/C13H19F2N3/c1-9(16)12(3-5-13(14,15)6-4-12)11-7-17-10(2)18-8-11/h7-9H,3-6,16H2,1-2H3. The van der Waals surface area contributed by atoms with Gasteiger partial charge in [0.2, 0.25) is 5.92 Å². The first kappa shape index (κ1) is 13.3. The van der Waals surface area contributed by atoms with E-state index in [4.69, 9.17) is 5.73 Å². The van der Waals surface area contributed by atoms with Crippen LogP contribution in [0.1, 0.15) is 44.0 Å². The van der Waals surface area contributed by atoms with Crippen LogP contribution in [-0.4, -0.2) is 21.9 Å². The van der Waals surface area contributed by atoms with Gasteiger partial charge in [0.1, 0.15) is 5.82 Å². The van der Waals surface area contributed by atoms with E-state index in [0.29, 0.717) is 18.7 Å². The third-order valence-corrected chi connectivity index (χ3v) is 4.10. The number of hydrogen-bond acceptors (Lipinski definition) is 3. The summed E-state index contributed by atoms with van der Waals surface area (Å²) in [5.74, 6) is -1.87. The van der Waals surface area contributed by atoms with Gasteiger partial charge in [0.05, 0.1) is 0 Å². The van der Waals surface area contributed by atoms with Crippen molar-refractivity contribution in [3.63, 3.8) is 0 Å². The number of hydrogen-bond donors (Lipinski definition) is 1. The highest BCUT2D eigenvalue weighted by Gasteiger charge is 2.46. The van der Waals surface area contributed by atoms with Crippen LogP contribution in [0.25, 0.3) is 0 Å². The molecule has 1 heterocycles. The van der Waals surface area contributed by atoms with Gasteiger partial charge in [0.25, 0.3) is 0 Å². The van der Waals surface area contributed by atoms with Crippen LogP contribution in [-0.2, 0) is 5.41 Å². The highest BCUT2D eigenvalue weighted by molar-refractivity contribution is 5.24. The normalized spacial score (nSPS) is 23.6. The number of nitrogens with zero attached hydrogens (tertiary/aromatic N) is 2. The van der Waals surface area contributed by atoms with Crippen molar-refractivity contribution in [1.29, 1.82) is 0 Å². The van der Waals surface area contributed by atoms with Gasteiger partial charge in [-0.3, -0.25) is 0 Å². The van der Waals surface area contributed by atoms with E-state index < -0.39 is 11.3 Å². The van der Waals surface area contributed by atoms with Crippen LogP contribution in [0.15, 0.2) is 12.4 Å². The summed E-state index contributed by atoms with van der Waals surface area (Å²) >= 11 is 0. The van der Waals surface area contributed by atoms with E-state index in [2.05, 4.69) is 9.97 Å². The first-order valence-corrected chi connectivity index (χ1v) is 6.28. The molecule has 3 nitrogen and oxygen atoms in total. The summed E-state index contributed by atoms with van der Waals surface area (Å²) in [7, 11) is 0. The quantitative estimate of drug-likeness (QED) is 0.883. The Labute approximate surface area is 106 Å². The molecule has 1 atom stereocenters. The first-order valence-electron chi connectivity index (χ1n) is 6.28. The monoisotopic (exact) mass is 255 g/mol. The molecule has 1 fully saturated rings. The number of aromatic nitrogens is 2. The lowest BCUT2D eigenvalue weighted by molar-refractivity contribution is -0.0548. The van der Waals surface area contributed by atoms with Crippen molar-refractivity contribution in [2.24, 2.45) is 5.73 Å². The summed E-state index contributed by atoms with van der Waals surface area (Å²) in [4.78, 5) is 8.33. The number of aryl methyl sites for hydroxylation is 1. The van der Waals surface area contributed by atoms with E-state index in [0.717, 1.165) is 5.56 Å². The average molecular weight is 255 g/mol. The molecule has 0 radical (unpaired) electrons. The molecule has 0 spiro atoms. The fourth-order valence-corrected chi connectivity index (χ4v) is 2.72. The van der Waals surface area contributed by atoms with Crippen LogP contribution in [0.5, 0.6) is 0 Å². The van der Waals surface area contributed by atoms with Crippen LogP contribution in [0.3, 0.4) is 0 Å². The van der Waals surface area contributed by atoms with Crippen molar-refractivity contribution < 1.29 is 8.78 Å². The summed E-state index contributed by atoms with van der Waals surface area (Å²) in [6.07, 6.45) is 4.03. The van der Waals surface area contributed by atoms with Crippen molar-refractivity contribution in [2.75, 3.05) is 0 Å². The van der Waals surface area contributed by atoms with Gasteiger partial charge in [-0.05, 0) is 32.3 Å². The van der Waals surface area contributed by atoms with Crippen LogP contribution in [0.4, 0.5) is 8.78 Å². The van der Waals surface area contributed by atoms with Gasteiger partial charge < -0.3 is 5.73 Å². The lowest BCUT2D eigenvalue weighted by Gasteiger charge is -2.43. The van der Waals surface area contributed by atoms with Gasteiger partial charge in [-0.25, -0.2) is 18.7 Å². The Balaban J connectivity index is 2.31. The van der Waals surface area contributed by atoms with Crippen molar-refractivity contribution in [1.82, 2.24) is 9.97 Å². The fraction of sp³-hybridized carbons (Fsp3) is 0.692. The SMILES string of the molecule is Cc1ncc(C2(C(C)N)CCC(F)(F)CC2)cn1. The summed E-state index contributed by atoms with van der Waals surface area (Å²) in [6, 6.07) is -0.181. The van der Waals surface area contributed by atoms with Crippen molar-refractivity contribution in [3.05, 3.63) is 23.8 Å². The van der Waals surface area contributed by atoms with E-state index in [1.165, 1.54) is 0 Å². The molecule has 2 rings (SSSR count). The lowest BCUT2D eigenvalue weighted by Crippen LogP contribution is -2.48. The third-order valence-electron chi connectivity index (χ3n) is 4.10. The number of alkyl halides is 2. The zero-order chi connectivity index (χ0) is 13.4. The molecule has 1 aliphatic rings. The number of halogens is 2. The Morgan fingerprint density at radius 1 is 1.17 bits per heavy atom. The summed E-state index contributed by atoms with van der Waals surface area (Å²) in [6.45, 7) is 3.68. The minimum atomic E-state index is -2.55. The molecule has 100 valence electrons. The minimum Gasteiger partial charge on any atom is -0.327 e. The smallest absolute Gasteiger partial charge is 0.248 e. The highest BCUT2D eigenvalue weighted by Crippen LogP contribution is 2.46. The Hall–Kier alpha value is -1.10. The van der Waals surface area contributed by atoms with Crippen LogP contribution < -0.4 is 5.73 Å². The Kier molecular flexibility index (Phi) is 3.36. The second-order valence-corrected chi connectivity index (χ2v) is 5.32. The van der Waals surface area contributed by atoms with Crippen molar-refractivity contribution in [3.8, 4) is 0 Å². The predicted molar refractivity (Wildman–Crippen MR) is 65.5 cm³/mol. The molecule has 1 aromatic rings. The van der Waals surface area contributed by atoms with Gasteiger partial charge in [-0.15, -0.1) is 0 Å². The zero-order valence-corrected chi connectivity index (χ0v) is 10.8. The van der Waals surface area contributed by atoms with E-state index in [1.807, 2.05) is 6.92 Å². The van der Waals surface area contributed by atoms with Gasteiger partial charge in [0, 0.05) is 36.7 Å². The molecule has 0 saturated heterocycles. The topological polar surface area (TPSA) is 51.8 Å². The highest BCUT2D eigenvalue weighted by atomic mass is 19.3. The van der Waals surface area contributed by atoms with Crippen LogP contribution in [0, 0.1) is 6.92 Å². The van der Waals surface area contributed by atoms with Crippen LogP contribution >= 0.6 is 0 Å². The fourth-order valence-electron chi connectivity index (χ4n) is 2.72. The molecule has 0 aromatic carbocycles. The molecule has 0 bridgehead atoms. The van der Waals surface area contributed by atoms with Gasteiger partial charge >= 0.3 is 0 Å². The molecule has 1 unspecified atom stereocenters. The van der Waals surface area contributed by atoms with Crippen molar-refractivity contribution >= 4 is 0 Å². The predicted octanol–water partition coefficient (Wildman–Crippen LogP) is 2.58. The largest absolute Gasteiger partial charge is 0.327 e. The molecule has 1 aromatic heterocycles. The third kappa shape index (κ3) is 2.36. The molecule has 0 amide bonds. The van der Waals surface area contributed by atoms with E-state index in [-0.39, 0.29) is 18.9 Å². The zero-order valence-electron chi connectivity index (χ0n) is 10.8. The Morgan fingerprint density at radius 2 is 1.67 bits per heavy atom. The maximum absolute atomic E-state index is 13.3. The lowest BCUT2D eigenvalue weighted by atomic mass is 9.65. The summed E-state index contributed by atoms with van der Waals surface area (Å²) in [5.41, 5.74) is 6.54. The minimum absolute atomic E-state index is 0.109. The molecule has 0 aliphatic heterocycles. The maximum atomic E-state index is 13.3. The van der Waals surface area contributed by atoms with Crippen molar-refractivity contribution in [2.45, 2.75) is 56.9 Å². The van der Waals surface area contributed by atoms with Gasteiger partial charge in [-0.1, -0.05) is 0 Å². The molecule has 18 heavy (non-hydrogen) atoms. The Morgan fingerprint density at radius 3 is 2.11 bits per heavy atom. The first-order chi connectivity index (χ1) is 8.36. The number of nitrogens with two attached hydrogens (primary N) is 1. The van der Waals surface area contributed by atoms with Crippen LogP contribution in [0.2, 0.25) is 0 Å².